The summed E-state index contributed by atoms with van der Waals surface area (Å²) in [7, 11) is 0. The minimum absolute atomic E-state index is 0.0756. The number of hydrogen-bond donors (Lipinski definition) is 1. The highest BCUT2D eigenvalue weighted by Gasteiger charge is 2.25. The van der Waals surface area contributed by atoms with Gasteiger partial charge in [0, 0.05) is 6.54 Å². The lowest BCUT2D eigenvalue weighted by Crippen LogP contribution is -2.11. The molecule has 5 heteroatoms. The van der Waals surface area contributed by atoms with Gasteiger partial charge in [-0.25, -0.2) is 4.98 Å². The summed E-state index contributed by atoms with van der Waals surface area (Å²) in [6.07, 6.45) is 2.13. The van der Waals surface area contributed by atoms with Crippen molar-refractivity contribution in [2.24, 2.45) is 4.99 Å². The van der Waals surface area contributed by atoms with Gasteiger partial charge in [-0.1, -0.05) is 24.3 Å². The normalized spacial score (nSPS) is 16.8. The van der Waals surface area contributed by atoms with Gasteiger partial charge >= 0.3 is 0 Å². The Labute approximate surface area is 151 Å². The number of fused-ring (bicyclic) bond motifs is 1. The van der Waals surface area contributed by atoms with Gasteiger partial charge in [0.05, 0.1) is 21.7 Å². The second kappa shape index (κ2) is 7.34. The van der Waals surface area contributed by atoms with Crippen LogP contribution >= 0.6 is 15.9 Å². The van der Waals surface area contributed by atoms with Gasteiger partial charge in [0.15, 0.2) is 0 Å². The second-order valence-corrected chi connectivity index (χ2v) is 6.79. The van der Waals surface area contributed by atoms with E-state index in [-0.39, 0.29) is 6.10 Å². The molecule has 1 N–H and O–H groups in total. The van der Waals surface area contributed by atoms with Crippen LogP contribution in [0, 0.1) is 6.92 Å². The molecule has 0 fully saturated rings. The summed E-state index contributed by atoms with van der Waals surface area (Å²) < 4.78 is 7.06. The second-order valence-electron chi connectivity index (χ2n) is 5.94. The quantitative estimate of drug-likeness (QED) is 0.588. The number of amidine groups is 1. The van der Waals surface area contributed by atoms with E-state index in [0.717, 1.165) is 41.1 Å². The smallest absolute Gasteiger partial charge is 0.228 e. The summed E-state index contributed by atoms with van der Waals surface area (Å²) in [5.74, 6) is 1.53. The highest BCUT2D eigenvalue weighted by molar-refractivity contribution is 9.10. The number of nitrogens with zero attached hydrogens (tertiary/aromatic N) is 2. The Kier molecular flexibility index (Phi) is 5.19. The van der Waals surface area contributed by atoms with E-state index in [0.29, 0.717) is 5.88 Å². The molecule has 0 saturated carbocycles. The lowest BCUT2D eigenvalue weighted by atomic mass is 10.1. The number of rotatable bonds is 4. The molecule has 0 saturated heterocycles. The first-order valence-corrected chi connectivity index (χ1v) is 9.07. The molecule has 0 aliphatic heterocycles. The molecule has 2 aromatic rings. The summed E-state index contributed by atoms with van der Waals surface area (Å²) in [4.78, 5) is 8.99. The molecule has 24 heavy (non-hydrogen) atoms. The van der Waals surface area contributed by atoms with Gasteiger partial charge in [0.1, 0.15) is 6.10 Å². The van der Waals surface area contributed by atoms with E-state index >= 15 is 0 Å². The fraction of sp³-hybridized carbons (Fsp3) is 0.368. The number of hydrogen-bond acceptors (Lipinski definition) is 3. The maximum atomic E-state index is 6.20. The first kappa shape index (κ1) is 17.0. The molecule has 3 rings (SSSR count). The Bertz CT molecular complexity index is 773. The topological polar surface area (TPSA) is 46.5 Å². The van der Waals surface area contributed by atoms with Crippen molar-refractivity contribution in [3.8, 4) is 5.88 Å². The van der Waals surface area contributed by atoms with Crippen molar-refractivity contribution in [2.45, 2.75) is 39.7 Å². The van der Waals surface area contributed by atoms with E-state index in [2.05, 4.69) is 55.5 Å². The Morgan fingerprint density at radius 3 is 3.00 bits per heavy atom. The number of aryl methyl sites for hydroxylation is 2. The van der Waals surface area contributed by atoms with E-state index < -0.39 is 0 Å². The standard InChI is InChI=1S/C19H22BrN3O/c1-4-21-13(3)23-17-11-16(20)19(22-12(17)2)24-18-10-9-14-7-5-6-8-15(14)18/h5-8,11,18H,4,9-10H2,1-3H3,(H,21,23). The predicted molar refractivity (Wildman–Crippen MR) is 102 cm³/mol. The number of aliphatic imine (C=N–C) groups is 1. The number of halogens is 1. The molecule has 0 spiro atoms. The lowest BCUT2D eigenvalue weighted by Gasteiger charge is -2.17. The third-order valence-corrected chi connectivity index (χ3v) is 4.75. The molecule has 1 aromatic carbocycles. The van der Waals surface area contributed by atoms with Crippen LogP contribution in [-0.2, 0) is 6.42 Å². The molecule has 126 valence electrons. The number of anilines is 1. The van der Waals surface area contributed by atoms with Crippen molar-refractivity contribution in [1.82, 2.24) is 4.98 Å². The molecule has 0 bridgehead atoms. The zero-order chi connectivity index (χ0) is 17.1. The maximum Gasteiger partial charge on any atom is 0.228 e. The van der Waals surface area contributed by atoms with Gasteiger partial charge in [-0.2, -0.15) is 0 Å². The highest BCUT2D eigenvalue weighted by Crippen LogP contribution is 2.37. The third kappa shape index (κ3) is 3.61. The van der Waals surface area contributed by atoms with Crippen LogP contribution in [0.5, 0.6) is 5.88 Å². The van der Waals surface area contributed by atoms with Crippen molar-refractivity contribution < 1.29 is 4.74 Å². The van der Waals surface area contributed by atoms with Crippen molar-refractivity contribution in [3.05, 3.63) is 51.6 Å². The Hall–Kier alpha value is -1.88. The first-order valence-electron chi connectivity index (χ1n) is 8.28. The summed E-state index contributed by atoms with van der Waals surface area (Å²) in [6.45, 7) is 6.71. The first-order chi connectivity index (χ1) is 11.6. The van der Waals surface area contributed by atoms with Crippen LogP contribution in [0.15, 0.2) is 39.8 Å². The lowest BCUT2D eigenvalue weighted by molar-refractivity contribution is 0.197. The van der Waals surface area contributed by atoms with Crippen LogP contribution in [0.2, 0.25) is 0 Å². The van der Waals surface area contributed by atoms with Crippen molar-refractivity contribution in [3.63, 3.8) is 0 Å². The van der Waals surface area contributed by atoms with Crippen LogP contribution in [-0.4, -0.2) is 17.4 Å². The number of pyridine rings is 1. The number of ether oxygens (including phenoxy) is 1. The van der Waals surface area contributed by atoms with Crippen LogP contribution in [0.3, 0.4) is 0 Å². The maximum absolute atomic E-state index is 6.20. The Morgan fingerprint density at radius 1 is 1.42 bits per heavy atom. The third-order valence-electron chi connectivity index (χ3n) is 4.18. The zero-order valence-electron chi connectivity index (χ0n) is 14.3. The number of aromatic nitrogens is 1. The van der Waals surface area contributed by atoms with Gasteiger partial charge in [-0.15, -0.1) is 0 Å². The molecule has 0 amide bonds. The Morgan fingerprint density at radius 2 is 2.21 bits per heavy atom. The van der Waals surface area contributed by atoms with E-state index in [1.807, 2.05) is 26.8 Å². The van der Waals surface area contributed by atoms with Gasteiger partial charge in [-0.3, -0.25) is 4.99 Å². The van der Waals surface area contributed by atoms with Gasteiger partial charge in [0.2, 0.25) is 5.88 Å². The van der Waals surface area contributed by atoms with Crippen LogP contribution in [0.25, 0.3) is 0 Å². The molecule has 0 radical (unpaired) electrons. The average Bonchev–Trinajstić information content (AvgIpc) is 2.96. The summed E-state index contributed by atoms with van der Waals surface area (Å²) in [5.41, 5.74) is 4.48. The number of benzene rings is 1. The summed E-state index contributed by atoms with van der Waals surface area (Å²) >= 11 is 3.59. The van der Waals surface area contributed by atoms with Gasteiger partial charge < -0.3 is 10.1 Å². The molecule has 1 atom stereocenters. The van der Waals surface area contributed by atoms with Crippen molar-refractivity contribution in [1.29, 1.82) is 0 Å². The molecular weight excluding hydrogens is 366 g/mol. The van der Waals surface area contributed by atoms with E-state index in [9.17, 15) is 0 Å². The van der Waals surface area contributed by atoms with Crippen LogP contribution < -0.4 is 10.1 Å². The molecule has 1 unspecified atom stereocenters. The van der Waals surface area contributed by atoms with Gasteiger partial charge in [-0.05, 0) is 66.7 Å². The zero-order valence-corrected chi connectivity index (χ0v) is 15.9. The van der Waals surface area contributed by atoms with Crippen LogP contribution in [0.4, 0.5) is 5.69 Å². The predicted octanol–water partition coefficient (Wildman–Crippen LogP) is 5.07. The molecular formula is C19H22BrN3O. The Balaban J connectivity index is 1.80. The number of nitrogens with one attached hydrogen (secondary N) is 1. The average molecular weight is 388 g/mol. The van der Waals surface area contributed by atoms with Crippen molar-refractivity contribution >= 4 is 27.5 Å². The van der Waals surface area contributed by atoms with Crippen molar-refractivity contribution in [2.75, 3.05) is 11.9 Å². The van der Waals surface area contributed by atoms with E-state index in [4.69, 9.17) is 4.74 Å². The van der Waals surface area contributed by atoms with Gasteiger partial charge in [0.25, 0.3) is 0 Å². The largest absolute Gasteiger partial charge is 0.469 e. The van der Waals surface area contributed by atoms with E-state index in [1.54, 1.807) is 0 Å². The minimum atomic E-state index is 0.0756. The minimum Gasteiger partial charge on any atom is -0.469 e. The summed E-state index contributed by atoms with van der Waals surface area (Å²) in [5, 5.41) is 3.29. The van der Waals surface area contributed by atoms with Crippen LogP contribution in [0.1, 0.15) is 43.2 Å². The highest BCUT2D eigenvalue weighted by atomic mass is 79.9. The molecule has 1 heterocycles. The fourth-order valence-corrected chi connectivity index (χ4v) is 3.43. The molecule has 1 aliphatic carbocycles. The molecule has 1 aliphatic rings. The summed E-state index contributed by atoms with van der Waals surface area (Å²) in [6, 6.07) is 10.5. The molecule has 1 aromatic heterocycles. The SMILES string of the molecule is CCN=C(C)Nc1cc(Br)c(OC2CCc3ccccc32)nc1C. The fourth-order valence-electron chi connectivity index (χ4n) is 3.01. The molecule has 4 nitrogen and oxygen atoms in total. The monoisotopic (exact) mass is 387 g/mol. The van der Waals surface area contributed by atoms with E-state index in [1.165, 1.54) is 11.1 Å².